The highest BCUT2D eigenvalue weighted by molar-refractivity contribution is 8.00. The standard InChI is InChI=1S/C18H20N4O2S2/c1-13(16(23)19-12-15-8-5-11-25-15)26-18-21-20-17(24)22(18)10-9-14-6-3-2-4-7-14/h2-8,11,13H,9-10,12H2,1H3,(H,19,23)(H,20,24)/t13-/m1/s1. The molecule has 2 N–H and O–H groups in total. The van der Waals surface area contributed by atoms with Crippen LogP contribution in [0.15, 0.2) is 57.8 Å². The van der Waals surface area contributed by atoms with E-state index in [4.69, 9.17) is 0 Å². The first-order chi connectivity index (χ1) is 12.6. The van der Waals surface area contributed by atoms with Gasteiger partial charge in [0, 0.05) is 11.4 Å². The highest BCUT2D eigenvalue weighted by atomic mass is 32.2. The van der Waals surface area contributed by atoms with E-state index >= 15 is 0 Å². The highest BCUT2D eigenvalue weighted by Crippen LogP contribution is 2.20. The Morgan fingerprint density at radius 2 is 2.12 bits per heavy atom. The molecule has 8 heteroatoms. The third kappa shape index (κ3) is 4.86. The van der Waals surface area contributed by atoms with Crippen LogP contribution in [0.3, 0.4) is 0 Å². The van der Waals surface area contributed by atoms with Gasteiger partial charge in [0.25, 0.3) is 0 Å². The Bertz CT molecular complexity index is 888. The van der Waals surface area contributed by atoms with Crippen molar-refractivity contribution in [2.24, 2.45) is 0 Å². The number of carbonyl (C=O) groups is 1. The van der Waals surface area contributed by atoms with Gasteiger partial charge in [-0.2, -0.15) is 0 Å². The first kappa shape index (κ1) is 18.5. The molecule has 0 aliphatic carbocycles. The van der Waals surface area contributed by atoms with E-state index in [0.717, 1.165) is 16.9 Å². The molecule has 2 heterocycles. The topological polar surface area (TPSA) is 79.8 Å². The lowest BCUT2D eigenvalue weighted by molar-refractivity contribution is -0.120. The summed E-state index contributed by atoms with van der Waals surface area (Å²) in [5.74, 6) is -0.0755. The summed E-state index contributed by atoms with van der Waals surface area (Å²) < 4.78 is 1.58. The zero-order valence-electron chi connectivity index (χ0n) is 14.3. The number of aromatic amines is 1. The first-order valence-corrected chi connectivity index (χ1v) is 10.1. The average Bonchev–Trinajstić information content (AvgIpc) is 3.29. The van der Waals surface area contributed by atoms with E-state index in [-0.39, 0.29) is 16.8 Å². The molecule has 26 heavy (non-hydrogen) atoms. The minimum atomic E-state index is -0.347. The lowest BCUT2D eigenvalue weighted by Crippen LogP contribution is -2.30. The van der Waals surface area contributed by atoms with Crippen LogP contribution >= 0.6 is 23.1 Å². The van der Waals surface area contributed by atoms with Gasteiger partial charge in [0.05, 0.1) is 11.8 Å². The highest BCUT2D eigenvalue weighted by Gasteiger charge is 2.19. The predicted molar refractivity (Wildman–Crippen MR) is 104 cm³/mol. The number of thioether (sulfide) groups is 1. The number of nitrogens with zero attached hydrogens (tertiary/aromatic N) is 2. The summed E-state index contributed by atoms with van der Waals surface area (Å²) in [5.41, 5.74) is 0.896. The molecule has 2 aromatic heterocycles. The minimum Gasteiger partial charge on any atom is -0.350 e. The number of amides is 1. The van der Waals surface area contributed by atoms with Crippen LogP contribution in [0.5, 0.6) is 0 Å². The van der Waals surface area contributed by atoms with Crippen molar-refractivity contribution in [1.82, 2.24) is 20.1 Å². The quantitative estimate of drug-likeness (QED) is 0.582. The van der Waals surface area contributed by atoms with E-state index in [1.807, 2.05) is 54.8 Å². The van der Waals surface area contributed by atoms with Crippen LogP contribution in [0.2, 0.25) is 0 Å². The van der Waals surface area contributed by atoms with Crippen molar-refractivity contribution < 1.29 is 4.79 Å². The Hall–Kier alpha value is -2.32. The van der Waals surface area contributed by atoms with Crippen LogP contribution < -0.4 is 11.0 Å². The fourth-order valence-electron chi connectivity index (χ4n) is 2.42. The lowest BCUT2D eigenvalue weighted by Gasteiger charge is -2.11. The molecule has 1 aromatic carbocycles. The minimum absolute atomic E-state index is 0.0755. The van der Waals surface area contributed by atoms with E-state index in [2.05, 4.69) is 15.5 Å². The third-order valence-electron chi connectivity index (χ3n) is 3.86. The largest absolute Gasteiger partial charge is 0.350 e. The molecule has 0 radical (unpaired) electrons. The van der Waals surface area contributed by atoms with Crippen molar-refractivity contribution in [2.75, 3.05) is 0 Å². The summed E-state index contributed by atoms with van der Waals surface area (Å²) >= 11 is 2.89. The van der Waals surface area contributed by atoms with Gasteiger partial charge >= 0.3 is 5.69 Å². The van der Waals surface area contributed by atoms with Crippen molar-refractivity contribution >= 4 is 29.0 Å². The molecule has 0 saturated carbocycles. The van der Waals surface area contributed by atoms with Gasteiger partial charge in [-0.05, 0) is 30.4 Å². The van der Waals surface area contributed by atoms with Crippen molar-refractivity contribution in [1.29, 1.82) is 0 Å². The van der Waals surface area contributed by atoms with Gasteiger partial charge in [-0.3, -0.25) is 9.36 Å². The van der Waals surface area contributed by atoms with Crippen LogP contribution in [0.4, 0.5) is 0 Å². The fraction of sp³-hybridized carbons (Fsp3) is 0.278. The zero-order chi connectivity index (χ0) is 18.4. The summed E-state index contributed by atoms with van der Waals surface area (Å²) in [5, 5.41) is 11.6. The molecule has 1 amide bonds. The summed E-state index contributed by atoms with van der Waals surface area (Å²) in [6.07, 6.45) is 0.729. The Balaban J connectivity index is 1.58. The normalized spacial score (nSPS) is 12.0. The van der Waals surface area contributed by atoms with E-state index in [1.165, 1.54) is 11.8 Å². The maximum Gasteiger partial charge on any atom is 0.343 e. The molecule has 3 aromatic rings. The molecular formula is C18H20N4O2S2. The summed E-state index contributed by atoms with van der Waals surface area (Å²) in [7, 11) is 0. The molecule has 0 spiro atoms. The number of aryl methyl sites for hydroxylation is 1. The second kappa shape index (κ2) is 8.86. The summed E-state index contributed by atoms with van der Waals surface area (Å²) in [6, 6.07) is 13.9. The Kier molecular flexibility index (Phi) is 6.30. The smallest absolute Gasteiger partial charge is 0.343 e. The molecule has 3 rings (SSSR count). The monoisotopic (exact) mass is 388 g/mol. The SMILES string of the molecule is C[C@@H](Sc1n[nH]c(=O)n1CCc1ccccc1)C(=O)NCc1cccs1. The van der Waals surface area contributed by atoms with E-state index in [1.54, 1.807) is 15.9 Å². The predicted octanol–water partition coefficient (Wildman–Crippen LogP) is 2.67. The molecule has 136 valence electrons. The molecule has 0 unspecified atom stereocenters. The van der Waals surface area contributed by atoms with Crippen molar-refractivity contribution in [3.05, 3.63) is 68.8 Å². The van der Waals surface area contributed by atoms with Gasteiger partial charge in [0.15, 0.2) is 5.16 Å². The number of carbonyl (C=O) groups excluding carboxylic acids is 1. The molecule has 0 bridgehead atoms. The lowest BCUT2D eigenvalue weighted by atomic mass is 10.1. The van der Waals surface area contributed by atoms with Crippen LogP contribution in [-0.4, -0.2) is 25.9 Å². The fourth-order valence-corrected chi connectivity index (χ4v) is 3.97. The number of benzene rings is 1. The molecule has 0 aliphatic rings. The van der Waals surface area contributed by atoms with Crippen LogP contribution in [0.1, 0.15) is 17.4 Å². The van der Waals surface area contributed by atoms with E-state index in [0.29, 0.717) is 18.2 Å². The molecule has 0 aliphatic heterocycles. The molecule has 0 saturated heterocycles. The zero-order valence-corrected chi connectivity index (χ0v) is 16.0. The Morgan fingerprint density at radius 1 is 1.31 bits per heavy atom. The molecular weight excluding hydrogens is 368 g/mol. The van der Waals surface area contributed by atoms with Crippen LogP contribution in [-0.2, 0) is 24.3 Å². The number of thiophene rings is 1. The summed E-state index contributed by atoms with van der Waals surface area (Å²) in [4.78, 5) is 25.4. The third-order valence-corrected chi connectivity index (χ3v) is 5.83. The maximum absolute atomic E-state index is 12.3. The summed E-state index contributed by atoms with van der Waals surface area (Å²) in [6.45, 7) is 2.85. The van der Waals surface area contributed by atoms with Crippen LogP contribution in [0.25, 0.3) is 0 Å². The van der Waals surface area contributed by atoms with Gasteiger partial charge < -0.3 is 5.32 Å². The molecule has 6 nitrogen and oxygen atoms in total. The van der Waals surface area contributed by atoms with E-state index < -0.39 is 0 Å². The molecule has 1 atom stereocenters. The van der Waals surface area contributed by atoms with Crippen molar-refractivity contribution in [2.45, 2.75) is 36.8 Å². The maximum atomic E-state index is 12.3. The second-order valence-corrected chi connectivity index (χ2v) is 8.10. The van der Waals surface area contributed by atoms with Gasteiger partial charge in [-0.25, -0.2) is 9.89 Å². The Labute approximate surface area is 159 Å². The number of H-pyrrole nitrogens is 1. The number of hydrogen-bond acceptors (Lipinski definition) is 5. The Morgan fingerprint density at radius 3 is 2.85 bits per heavy atom. The number of rotatable bonds is 8. The van der Waals surface area contributed by atoms with Crippen molar-refractivity contribution in [3.63, 3.8) is 0 Å². The van der Waals surface area contributed by atoms with Crippen molar-refractivity contribution in [3.8, 4) is 0 Å². The second-order valence-electron chi connectivity index (χ2n) is 5.76. The van der Waals surface area contributed by atoms with E-state index in [9.17, 15) is 9.59 Å². The molecule has 0 fully saturated rings. The van der Waals surface area contributed by atoms with Gasteiger partial charge in [-0.1, -0.05) is 48.2 Å². The van der Waals surface area contributed by atoms with Gasteiger partial charge in [-0.15, -0.1) is 16.4 Å². The van der Waals surface area contributed by atoms with Gasteiger partial charge in [0.1, 0.15) is 0 Å². The number of aromatic nitrogens is 3. The first-order valence-electron chi connectivity index (χ1n) is 8.29. The number of hydrogen-bond donors (Lipinski definition) is 2. The van der Waals surface area contributed by atoms with Gasteiger partial charge in [0.2, 0.25) is 5.91 Å². The number of nitrogens with one attached hydrogen (secondary N) is 2. The van der Waals surface area contributed by atoms with Crippen LogP contribution in [0, 0.1) is 0 Å². The average molecular weight is 389 g/mol.